The molecule has 0 radical (unpaired) electrons. The van der Waals surface area contributed by atoms with E-state index in [1.54, 1.807) is 0 Å². The lowest BCUT2D eigenvalue weighted by atomic mass is 10.1. The maximum absolute atomic E-state index is 13.5. The lowest BCUT2D eigenvalue weighted by Gasteiger charge is -2.14. The molecule has 1 amide bonds. The third-order valence-electron chi connectivity index (χ3n) is 2.88. The Hall–Kier alpha value is -2.32. The summed E-state index contributed by atoms with van der Waals surface area (Å²) in [7, 11) is 2.30. The van der Waals surface area contributed by atoms with Gasteiger partial charge in [-0.2, -0.15) is 13.2 Å². The summed E-state index contributed by atoms with van der Waals surface area (Å²) in [5.74, 6) is -2.93. The highest BCUT2D eigenvalue weighted by molar-refractivity contribution is 5.92. The number of esters is 1. The van der Waals surface area contributed by atoms with Gasteiger partial charge in [-0.25, -0.2) is 4.39 Å². The predicted molar refractivity (Wildman–Crippen MR) is 72.5 cm³/mol. The van der Waals surface area contributed by atoms with Gasteiger partial charge in [0.2, 0.25) is 5.91 Å². The number of methoxy groups -OCH3 is 2. The molecular formula is C14H15F4NO4. The van der Waals surface area contributed by atoms with E-state index in [-0.39, 0.29) is 30.7 Å². The monoisotopic (exact) mass is 337 g/mol. The second-order valence-corrected chi connectivity index (χ2v) is 4.51. The molecule has 0 unspecified atom stereocenters. The van der Waals surface area contributed by atoms with Gasteiger partial charge in [-0.1, -0.05) is 0 Å². The van der Waals surface area contributed by atoms with E-state index in [0.29, 0.717) is 12.1 Å². The number of carbonyl (C=O) groups excluding carboxylic acids is 2. The maximum atomic E-state index is 13.5. The van der Waals surface area contributed by atoms with Gasteiger partial charge in [0, 0.05) is 18.9 Å². The Morgan fingerprint density at radius 3 is 2.35 bits per heavy atom. The topological polar surface area (TPSA) is 64.6 Å². The third-order valence-corrected chi connectivity index (χ3v) is 2.88. The summed E-state index contributed by atoms with van der Waals surface area (Å²) in [6.45, 7) is 0. The van der Waals surface area contributed by atoms with Crippen LogP contribution in [0.5, 0.6) is 5.75 Å². The highest BCUT2D eigenvalue weighted by Gasteiger charge is 2.35. The highest BCUT2D eigenvalue weighted by atomic mass is 19.4. The number of hydrogen-bond donors (Lipinski definition) is 1. The van der Waals surface area contributed by atoms with Gasteiger partial charge in [-0.15, -0.1) is 0 Å². The number of halogens is 4. The molecule has 1 aromatic carbocycles. The molecule has 1 rings (SSSR count). The molecule has 0 aliphatic carbocycles. The SMILES string of the molecule is COC(=O)CCCC(=O)Nc1cc(F)c(C(F)(F)F)cc1OC. The molecule has 9 heteroatoms. The first-order chi connectivity index (χ1) is 10.7. The Bertz CT molecular complexity index is 587. The number of nitrogens with one attached hydrogen (secondary N) is 1. The molecule has 0 heterocycles. The standard InChI is InChI=1S/C14H15F4NO4/c1-22-11-6-8(14(16,17)18)9(15)7-10(11)19-12(20)4-3-5-13(21)23-2/h6-7H,3-5H2,1-2H3,(H,19,20). The Morgan fingerprint density at radius 1 is 1.17 bits per heavy atom. The van der Waals surface area contributed by atoms with Crippen molar-refractivity contribution in [2.45, 2.75) is 25.4 Å². The molecule has 0 atom stereocenters. The molecule has 5 nitrogen and oxygen atoms in total. The van der Waals surface area contributed by atoms with Crippen LogP contribution in [0.2, 0.25) is 0 Å². The van der Waals surface area contributed by atoms with Crippen molar-refractivity contribution in [3.63, 3.8) is 0 Å². The summed E-state index contributed by atoms with van der Waals surface area (Å²) < 4.78 is 60.5. The van der Waals surface area contributed by atoms with E-state index >= 15 is 0 Å². The number of carbonyl (C=O) groups is 2. The number of anilines is 1. The Morgan fingerprint density at radius 2 is 1.83 bits per heavy atom. The van der Waals surface area contributed by atoms with Gasteiger partial charge in [0.1, 0.15) is 11.6 Å². The van der Waals surface area contributed by atoms with E-state index < -0.39 is 29.4 Å². The summed E-state index contributed by atoms with van der Waals surface area (Å²) in [5, 5.41) is 2.25. The largest absolute Gasteiger partial charge is 0.495 e. The van der Waals surface area contributed by atoms with Crippen LogP contribution in [0.1, 0.15) is 24.8 Å². The van der Waals surface area contributed by atoms with Crippen LogP contribution in [0.4, 0.5) is 23.2 Å². The van der Waals surface area contributed by atoms with Crippen molar-refractivity contribution in [1.29, 1.82) is 0 Å². The van der Waals surface area contributed by atoms with Crippen molar-refractivity contribution in [1.82, 2.24) is 0 Å². The van der Waals surface area contributed by atoms with E-state index in [1.807, 2.05) is 0 Å². The lowest BCUT2D eigenvalue weighted by molar-refractivity contribution is -0.141. The average Bonchev–Trinajstić information content (AvgIpc) is 2.45. The van der Waals surface area contributed by atoms with Gasteiger partial charge in [-0.3, -0.25) is 9.59 Å². The van der Waals surface area contributed by atoms with Gasteiger partial charge in [0.15, 0.2) is 0 Å². The average molecular weight is 337 g/mol. The molecule has 0 aromatic heterocycles. The van der Waals surface area contributed by atoms with Crippen molar-refractivity contribution >= 4 is 17.6 Å². The molecule has 0 fully saturated rings. The quantitative estimate of drug-likeness (QED) is 0.640. The molecule has 0 bridgehead atoms. The summed E-state index contributed by atoms with van der Waals surface area (Å²) in [5.41, 5.74) is -1.71. The Balaban J connectivity index is 2.82. The fraction of sp³-hybridized carbons (Fsp3) is 0.429. The van der Waals surface area contributed by atoms with Gasteiger partial charge >= 0.3 is 12.1 Å². The summed E-state index contributed by atoms with van der Waals surface area (Å²) in [6, 6.07) is 1.01. The van der Waals surface area contributed by atoms with Crippen LogP contribution in [0.3, 0.4) is 0 Å². The Labute approximate surface area is 129 Å². The van der Waals surface area contributed by atoms with Crippen LogP contribution < -0.4 is 10.1 Å². The molecule has 23 heavy (non-hydrogen) atoms. The molecule has 0 aliphatic heterocycles. The lowest BCUT2D eigenvalue weighted by Crippen LogP contribution is -2.15. The number of hydrogen-bond acceptors (Lipinski definition) is 4. The van der Waals surface area contributed by atoms with E-state index in [4.69, 9.17) is 4.74 Å². The normalized spacial score (nSPS) is 11.0. The second-order valence-electron chi connectivity index (χ2n) is 4.51. The highest BCUT2D eigenvalue weighted by Crippen LogP contribution is 2.37. The second kappa shape index (κ2) is 7.80. The van der Waals surface area contributed by atoms with Gasteiger partial charge in [0.25, 0.3) is 0 Å². The van der Waals surface area contributed by atoms with Crippen molar-refractivity contribution in [2.75, 3.05) is 19.5 Å². The van der Waals surface area contributed by atoms with Gasteiger partial charge in [-0.05, 0) is 12.5 Å². The van der Waals surface area contributed by atoms with Gasteiger partial charge < -0.3 is 14.8 Å². The van der Waals surface area contributed by atoms with Crippen molar-refractivity contribution < 1.29 is 36.6 Å². The number of alkyl halides is 3. The molecule has 0 spiro atoms. The third kappa shape index (κ3) is 5.42. The number of benzene rings is 1. The van der Waals surface area contributed by atoms with Crippen molar-refractivity contribution in [3.8, 4) is 5.75 Å². The minimum Gasteiger partial charge on any atom is -0.495 e. The maximum Gasteiger partial charge on any atom is 0.419 e. The Kier molecular flexibility index (Phi) is 6.35. The van der Waals surface area contributed by atoms with E-state index in [2.05, 4.69) is 10.1 Å². The van der Waals surface area contributed by atoms with Crippen LogP contribution in [0, 0.1) is 5.82 Å². The van der Waals surface area contributed by atoms with Crippen LogP contribution in [-0.4, -0.2) is 26.1 Å². The predicted octanol–water partition coefficient (Wildman–Crippen LogP) is 3.13. The van der Waals surface area contributed by atoms with Crippen LogP contribution >= 0.6 is 0 Å². The van der Waals surface area contributed by atoms with Crippen LogP contribution in [-0.2, 0) is 20.5 Å². The van der Waals surface area contributed by atoms with E-state index in [1.165, 1.54) is 7.11 Å². The smallest absolute Gasteiger partial charge is 0.419 e. The molecule has 1 aromatic rings. The summed E-state index contributed by atoms with van der Waals surface area (Å²) >= 11 is 0. The first-order valence-electron chi connectivity index (χ1n) is 6.50. The number of amides is 1. The fourth-order valence-electron chi connectivity index (χ4n) is 1.75. The number of rotatable bonds is 6. The number of ether oxygens (including phenoxy) is 2. The first-order valence-corrected chi connectivity index (χ1v) is 6.50. The van der Waals surface area contributed by atoms with Gasteiger partial charge in [0.05, 0.1) is 25.5 Å². The van der Waals surface area contributed by atoms with Crippen molar-refractivity contribution in [3.05, 3.63) is 23.5 Å². The van der Waals surface area contributed by atoms with Crippen LogP contribution in [0.25, 0.3) is 0 Å². The van der Waals surface area contributed by atoms with E-state index in [9.17, 15) is 27.2 Å². The fourth-order valence-corrected chi connectivity index (χ4v) is 1.75. The molecule has 0 saturated heterocycles. The molecule has 0 saturated carbocycles. The zero-order valence-corrected chi connectivity index (χ0v) is 12.4. The zero-order chi connectivity index (χ0) is 17.6. The molecule has 0 aliphatic rings. The molecule has 128 valence electrons. The molecular weight excluding hydrogens is 322 g/mol. The zero-order valence-electron chi connectivity index (χ0n) is 12.4. The minimum atomic E-state index is -4.87. The van der Waals surface area contributed by atoms with E-state index in [0.717, 1.165) is 7.11 Å². The molecule has 1 N–H and O–H groups in total. The summed E-state index contributed by atoms with van der Waals surface area (Å²) in [4.78, 5) is 22.6. The van der Waals surface area contributed by atoms with Crippen molar-refractivity contribution in [2.24, 2.45) is 0 Å². The first kappa shape index (κ1) is 18.7. The minimum absolute atomic E-state index is 0.0163. The summed E-state index contributed by atoms with van der Waals surface area (Å²) in [6.07, 6.45) is -4.76. The van der Waals surface area contributed by atoms with Crippen LogP contribution in [0.15, 0.2) is 12.1 Å².